The molecular weight excluding hydrogens is 409 g/mol. The summed E-state index contributed by atoms with van der Waals surface area (Å²) in [4.78, 5) is 16.9. The Kier molecular flexibility index (Phi) is 6.50. The molecule has 0 bridgehead atoms. The van der Waals surface area contributed by atoms with Gasteiger partial charge in [-0.2, -0.15) is 0 Å². The van der Waals surface area contributed by atoms with Gasteiger partial charge in [0.1, 0.15) is 17.6 Å². The van der Waals surface area contributed by atoms with Gasteiger partial charge in [-0.3, -0.25) is 9.10 Å². The van der Waals surface area contributed by atoms with E-state index in [1.54, 1.807) is 18.9 Å². The van der Waals surface area contributed by atoms with E-state index < -0.39 is 21.9 Å². The smallest absolute Gasteiger partial charge is 0.246 e. The van der Waals surface area contributed by atoms with E-state index in [0.717, 1.165) is 22.0 Å². The topological polar surface area (TPSA) is 70.2 Å². The van der Waals surface area contributed by atoms with Crippen LogP contribution in [-0.4, -0.2) is 64.8 Å². The van der Waals surface area contributed by atoms with Crippen molar-refractivity contribution < 1.29 is 22.3 Å². The average molecular weight is 436 g/mol. The first-order chi connectivity index (χ1) is 14.2. The highest BCUT2D eigenvalue weighted by Crippen LogP contribution is 2.29. The summed E-state index contributed by atoms with van der Waals surface area (Å²) in [5.41, 5.74) is 1.22. The van der Waals surface area contributed by atoms with E-state index >= 15 is 0 Å². The molecule has 2 aromatic carbocycles. The number of ether oxygens (including phenoxy) is 1. The monoisotopic (exact) mass is 435 g/mol. The van der Waals surface area contributed by atoms with Crippen LogP contribution in [0.2, 0.25) is 0 Å². The lowest BCUT2D eigenvalue weighted by molar-refractivity contribution is -0.132. The fourth-order valence-corrected chi connectivity index (χ4v) is 4.88. The van der Waals surface area contributed by atoms with Crippen LogP contribution in [0.3, 0.4) is 0 Å². The van der Waals surface area contributed by atoms with Gasteiger partial charge in [-0.25, -0.2) is 12.8 Å². The van der Waals surface area contributed by atoms with Crippen molar-refractivity contribution in [2.24, 2.45) is 0 Å². The second-order valence-corrected chi connectivity index (χ2v) is 9.05. The van der Waals surface area contributed by atoms with E-state index in [1.165, 1.54) is 24.3 Å². The summed E-state index contributed by atoms with van der Waals surface area (Å²) in [5, 5.41) is 0. The summed E-state index contributed by atoms with van der Waals surface area (Å²) in [7, 11) is -2.12. The van der Waals surface area contributed by atoms with Gasteiger partial charge in [-0.15, -0.1) is 0 Å². The highest BCUT2D eigenvalue weighted by Gasteiger charge is 2.33. The zero-order valence-electron chi connectivity index (χ0n) is 17.3. The van der Waals surface area contributed by atoms with Gasteiger partial charge in [-0.05, 0) is 43.3 Å². The van der Waals surface area contributed by atoms with Gasteiger partial charge in [-0.1, -0.05) is 12.1 Å². The minimum Gasteiger partial charge on any atom is -0.495 e. The van der Waals surface area contributed by atoms with Crippen molar-refractivity contribution in [3.05, 3.63) is 54.3 Å². The summed E-state index contributed by atoms with van der Waals surface area (Å²) in [6.45, 7) is 3.69. The van der Waals surface area contributed by atoms with Crippen molar-refractivity contribution in [3.8, 4) is 5.75 Å². The van der Waals surface area contributed by atoms with Crippen LogP contribution in [0.1, 0.15) is 6.92 Å². The number of rotatable bonds is 6. The molecule has 1 saturated heterocycles. The van der Waals surface area contributed by atoms with Crippen molar-refractivity contribution in [1.29, 1.82) is 0 Å². The number of carbonyl (C=O) groups excluding carboxylic acids is 1. The molecule has 1 aliphatic heterocycles. The molecule has 3 rings (SSSR count). The number of piperazine rings is 1. The van der Waals surface area contributed by atoms with E-state index in [-0.39, 0.29) is 11.6 Å². The Morgan fingerprint density at radius 1 is 1.07 bits per heavy atom. The first kappa shape index (κ1) is 21.9. The molecule has 0 aliphatic carbocycles. The number of amides is 1. The van der Waals surface area contributed by atoms with Gasteiger partial charge in [0.25, 0.3) is 0 Å². The Balaban J connectivity index is 1.73. The molecule has 30 heavy (non-hydrogen) atoms. The molecular formula is C21H26FN3O4S. The second kappa shape index (κ2) is 8.91. The molecule has 1 atom stereocenters. The molecule has 2 aromatic rings. The fourth-order valence-electron chi connectivity index (χ4n) is 3.71. The van der Waals surface area contributed by atoms with Crippen molar-refractivity contribution in [1.82, 2.24) is 4.90 Å². The first-order valence-electron chi connectivity index (χ1n) is 9.64. The lowest BCUT2D eigenvalue weighted by Gasteiger charge is -2.39. The van der Waals surface area contributed by atoms with E-state index in [1.807, 2.05) is 24.3 Å². The number of para-hydroxylation sites is 2. The quantitative estimate of drug-likeness (QED) is 0.697. The number of methoxy groups -OCH3 is 1. The van der Waals surface area contributed by atoms with Crippen molar-refractivity contribution >= 4 is 27.3 Å². The van der Waals surface area contributed by atoms with Crippen LogP contribution < -0.4 is 13.9 Å². The molecule has 0 aromatic heterocycles. The maximum absolute atomic E-state index is 13.3. The molecule has 7 nitrogen and oxygen atoms in total. The number of nitrogens with zero attached hydrogens (tertiary/aromatic N) is 3. The van der Waals surface area contributed by atoms with Gasteiger partial charge in [0, 0.05) is 26.2 Å². The molecule has 0 saturated carbocycles. The third kappa shape index (κ3) is 4.67. The predicted octanol–water partition coefficient (Wildman–Crippen LogP) is 2.34. The molecule has 162 valence electrons. The van der Waals surface area contributed by atoms with Gasteiger partial charge >= 0.3 is 0 Å². The Bertz CT molecular complexity index is 990. The van der Waals surface area contributed by atoms with E-state index in [0.29, 0.717) is 26.2 Å². The molecule has 0 radical (unpaired) electrons. The van der Waals surface area contributed by atoms with Crippen molar-refractivity contribution in [3.63, 3.8) is 0 Å². The van der Waals surface area contributed by atoms with Crippen LogP contribution in [0.25, 0.3) is 0 Å². The highest BCUT2D eigenvalue weighted by atomic mass is 32.2. The molecule has 1 amide bonds. The summed E-state index contributed by atoms with van der Waals surface area (Å²) in [6, 6.07) is 11.8. The minimum absolute atomic E-state index is 0.257. The van der Waals surface area contributed by atoms with Crippen LogP contribution in [0.5, 0.6) is 5.75 Å². The molecule has 1 fully saturated rings. The number of halogens is 1. The lowest BCUT2D eigenvalue weighted by Crippen LogP contribution is -2.55. The van der Waals surface area contributed by atoms with Gasteiger partial charge in [0.05, 0.1) is 24.7 Å². The summed E-state index contributed by atoms with van der Waals surface area (Å²) in [5.74, 6) is 0.00766. The summed E-state index contributed by atoms with van der Waals surface area (Å²) < 4.78 is 44.5. The largest absolute Gasteiger partial charge is 0.495 e. The molecule has 0 N–H and O–H groups in total. The van der Waals surface area contributed by atoms with Crippen LogP contribution >= 0.6 is 0 Å². The summed E-state index contributed by atoms with van der Waals surface area (Å²) in [6.07, 6.45) is 1.04. The summed E-state index contributed by atoms with van der Waals surface area (Å²) >= 11 is 0. The zero-order valence-corrected chi connectivity index (χ0v) is 18.1. The van der Waals surface area contributed by atoms with Crippen LogP contribution in [0.4, 0.5) is 15.8 Å². The van der Waals surface area contributed by atoms with Crippen LogP contribution in [0, 0.1) is 5.82 Å². The molecule has 1 unspecified atom stereocenters. The van der Waals surface area contributed by atoms with Crippen LogP contribution in [0.15, 0.2) is 48.5 Å². The second-order valence-electron chi connectivity index (χ2n) is 7.20. The van der Waals surface area contributed by atoms with Crippen molar-refractivity contribution in [2.75, 3.05) is 48.7 Å². The third-order valence-corrected chi connectivity index (χ3v) is 6.41. The number of sulfonamides is 1. The fraction of sp³-hybridized carbons (Fsp3) is 0.381. The Morgan fingerprint density at radius 3 is 2.23 bits per heavy atom. The number of anilines is 2. The normalized spacial score (nSPS) is 15.6. The lowest BCUT2D eigenvalue weighted by atomic mass is 10.2. The van der Waals surface area contributed by atoms with E-state index in [2.05, 4.69) is 4.90 Å². The highest BCUT2D eigenvalue weighted by molar-refractivity contribution is 7.92. The van der Waals surface area contributed by atoms with E-state index in [4.69, 9.17) is 4.74 Å². The van der Waals surface area contributed by atoms with Crippen LogP contribution in [-0.2, 0) is 14.8 Å². The third-order valence-electron chi connectivity index (χ3n) is 5.16. The molecule has 0 spiro atoms. The SMILES string of the molecule is COc1ccccc1N1CCN(C(=O)C(C)N(c2ccc(F)cc2)S(C)(=O)=O)CC1. The van der Waals surface area contributed by atoms with Gasteiger partial charge in [0.15, 0.2) is 0 Å². The Morgan fingerprint density at radius 2 is 1.67 bits per heavy atom. The maximum atomic E-state index is 13.3. The average Bonchev–Trinajstić information content (AvgIpc) is 2.74. The number of carbonyl (C=O) groups is 1. The molecule has 1 aliphatic rings. The molecule has 9 heteroatoms. The number of hydrogen-bond donors (Lipinski definition) is 0. The predicted molar refractivity (Wildman–Crippen MR) is 115 cm³/mol. The minimum atomic E-state index is -3.74. The van der Waals surface area contributed by atoms with E-state index in [9.17, 15) is 17.6 Å². The first-order valence-corrected chi connectivity index (χ1v) is 11.5. The number of benzene rings is 2. The number of hydrogen-bond acceptors (Lipinski definition) is 5. The maximum Gasteiger partial charge on any atom is 0.246 e. The van der Waals surface area contributed by atoms with Crippen molar-refractivity contribution in [2.45, 2.75) is 13.0 Å². The Labute approximate surface area is 176 Å². The van der Waals surface area contributed by atoms with Gasteiger partial charge < -0.3 is 14.5 Å². The molecule has 1 heterocycles. The van der Waals surface area contributed by atoms with Gasteiger partial charge in [0.2, 0.25) is 15.9 Å². The standard InChI is InChI=1S/C21H26FN3O4S/c1-16(25(30(3,27)28)18-10-8-17(22)9-11-18)21(26)24-14-12-23(13-15-24)19-6-4-5-7-20(19)29-2/h4-11,16H,12-15H2,1-3H3. The zero-order chi connectivity index (χ0) is 21.9. The Hall–Kier alpha value is -2.81.